The maximum Gasteiger partial charge on any atom is 0.310 e. The van der Waals surface area contributed by atoms with E-state index in [2.05, 4.69) is 15.6 Å². The summed E-state index contributed by atoms with van der Waals surface area (Å²) < 4.78 is 5.03. The molecule has 0 fully saturated rings. The molecule has 30 heavy (non-hydrogen) atoms. The van der Waals surface area contributed by atoms with E-state index in [1.807, 2.05) is 57.2 Å². The fourth-order valence-corrected chi connectivity index (χ4v) is 3.42. The normalized spacial score (nSPS) is 10.6. The lowest BCUT2D eigenvalue weighted by atomic mass is 10.1. The van der Waals surface area contributed by atoms with Gasteiger partial charge in [0.25, 0.3) is 5.91 Å². The number of H-pyrrole nitrogens is 1. The number of esters is 1. The van der Waals surface area contributed by atoms with Gasteiger partial charge in [0.1, 0.15) is 0 Å². The van der Waals surface area contributed by atoms with Crippen LogP contribution in [0, 0.1) is 20.8 Å². The largest absolute Gasteiger partial charge is 0.455 e. The maximum atomic E-state index is 12.1. The number of rotatable bonds is 7. The number of carbonyl (C=O) groups is 3. The van der Waals surface area contributed by atoms with Crippen LogP contribution >= 0.6 is 0 Å². The summed E-state index contributed by atoms with van der Waals surface area (Å²) in [6, 6.07) is 11.6. The van der Waals surface area contributed by atoms with Crippen molar-refractivity contribution in [3.05, 3.63) is 64.8 Å². The number of carbonyl (C=O) groups excluding carboxylic acids is 3. The van der Waals surface area contributed by atoms with E-state index >= 15 is 0 Å². The first-order chi connectivity index (χ1) is 14.3. The lowest BCUT2D eigenvalue weighted by Gasteiger charge is -2.13. The lowest BCUT2D eigenvalue weighted by molar-refractivity contribution is -0.147. The zero-order valence-electron chi connectivity index (χ0n) is 17.3. The van der Waals surface area contributed by atoms with E-state index in [1.165, 1.54) is 0 Å². The highest BCUT2D eigenvalue weighted by Gasteiger charge is 2.13. The molecule has 2 aromatic carbocycles. The maximum absolute atomic E-state index is 12.1. The van der Waals surface area contributed by atoms with E-state index in [0.717, 1.165) is 38.8 Å². The minimum atomic E-state index is -0.533. The average molecular weight is 407 g/mol. The highest BCUT2D eigenvalue weighted by molar-refractivity contribution is 5.96. The third kappa shape index (κ3) is 5.26. The number of ether oxygens (including phenoxy) is 1. The van der Waals surface area contributed by atoms with Gasteiger partial charge >= 0.3 is 5.97 Å². The average Bonchev–Trinajstić information content (AvgIpc) is 3.10. The molecule has 156 valence electrons. The fourth-order valence-electron chi connectivity index (χ4n) is 3.42. The highest BCUT2D eigenvalue weighted by Crippen LogP contribution is 2.21. The monoisotopic (exact) mass is 407 g/mol. The van der Waals surface area contributed by atoms with Gasteiger partial charge in [-0.3, -0.25) is 14.4 Å². The van der Waals surface area contributed by atoms with Crippen molar-refractivity contribution >= 4 is 34.4 Å². The van der Waals surface area contributed by atoms with E-state index in [1.54, 1.807) is 6.20 Å². The van der Waals surface area contributed by atoms with E-state index in [4.69, 9.17) is 4.74 Å². The van der Waals surface area contributed by atoms with Gasteiger partial charge in [-0.15, -0.1) is 0 Å². The summed E-state index contributed by atoms with van der Waals surface area (Å²) in [5.74, 6) is -1.39. The number of anilines is 1. The van der Waals surface area contributed by atoms with Gasteiger partial charge in [-0.1, -0.05) is 35.9 Å². The molecule has 2 amide bonds. The number of aromatic nitrogens is 1. The molecule has 0 aliphatic carbocycles. The summed E-state index contributed by atoms with van der Waals surface area (Å²) in [4.78, 5) is 39.2. The van der Waals surface area contributed by atoms with Gasteiger partial charge in [0, 0.05) is 22.8 Å². The molecule has 1 heterocycles. The molecule has 7 heteroatoms. The van der Waals surface area contributed by atoms with Crippen LogP contribution in [0.3, 0.4) is 0 Å². The minimum absolute atomic E-state index is 0.0593. The topological polar surface area (TPSA) is 100 Å². The van der Waals surface area contributed by atoms with Crippen molar-refractivity contribution in [3.63, 3.8) is 0 Å². The van der Waals surface area contributed by atoms with E-state index in [-0.39, 0.29) is 18.9 Å². The number of aromatic amines is 1. The Morgan fingerprint density at radius 3 is 2.43 bits per heavy atom. The van der Waals surface area contributed by atoms with Crippen LogP contribution in [0.4, 0.5) is 5.69 Å². The zero-order valence-corrected chi connectivity index (χ0v) is 17.3. The molecule has 0 unspecified atom stereocenters. The summed E-state index contributed by atoms with van der Waals surface area (Å²) in [5, 5.41) is 6.21. The molecule has 3 rings (SSSR count). The standard InChI is InChI=1S/C23H25N3O4/c1-14-8-15(2)23(16(3)9-14)26-20(27)12-25-21(28)13-30-22(29)10-17-11-24-19-7-5-4-6-18(17)19/h4-9,11,24H,10,12-13H2,1-3H3,(H,25,28)(H,26,27). The van der Waals surface area contributed by atoms with E-state index in [0.29, 0.717) is 0 Å². The smallest absolute Gasteiger partial charge is 0.310 e. The predicted molar refractivity (Wildman–Crippen MR) is 115 cm³/mol. The molecule has 0 saturated carbocycles. The lowest BCUT2D eigenvalue weighted by Crippen LogP contribution is -2.36. The first-order valence-corrected chi connectivity index (χ1v) is 9.68. The van der Waals surface area contributed by atoms with Crippen LogP contribution in [0.1, 0.15) is 22.3 Å². The molecule has 0 aliphatic rings. The molecule has 0 spiro atoms. The van der Waals surface area contributed by atoms with Crippen LogP contribution in [0.2, 0.25) is 0 Å². The summed E-state index contributed by atoms with van der Waals surface area (Å²) in [6.07, 6.45) is 1.81. The number of amides is 2. The van der Waals surface area contributed by atoms with Gasteiger partial charge in [-0.05, 0) is 43.5 Å². The van der Waals surface area contributed by atoms with Crippen LogP contribution in [0.15, 0.2) is 42.6 Å². The van der Waals surface area contributed by atoms with Crippen molar-refractivity contribution in [1.29, 1.82) is 0 Å². The van der Waals surface area contributed by atoms with E-state index in [9.17, 15) is 14.4 Å². The van der Waals surface area contributed by atoms with Crippen molar-refractivity contribution in [2.24, 2.45) is 0 Å². The second-order valence-electron chi connectivity index (χ2n) is 7.30. The minimum Gasteiger partial charge on any atom is -0.455 e. The molecule has 0 atom stereocenters. The first kappa shape index (κ1) is 21.1. The van der Waals surface area contributed by atoms with Gasteiger partial charge in [0.2, 0.25) is 5.91 Å². The SMILES string of the molecule is Cc1cc(C)c(NC(=O)CNC(=O)COC(=O)Cc2c[nH]c3ccccc23)c(C)c1. The number of hydrogen-bond acceptors (Lipinski definition) is 4. The summed E-state index contributed by atoms with van der Waals surface area (Å²) in [5.41, 5.74) is 5.51. The molecule has 0 aliphatic heterocycles. The zero-order chi connectivity index (χ0) is 21.7. The Bertz CT molecular complexity index is 1080. The number of aryl methyl sites for hydroxylation is 3. The predicted octanol–water partition coefficient (Wildman–Crippen LogP) is 2.93. The van der Waals surface area contributed by atoms with Crippen LogP contribution in [0.5, 0.6) is 0 Å². The van der Waals surface area contributed by atoms with Crippen LogP contribution in [0.25, 0.3) is 10.9 Å². The molecule has 7 nitrogen and oxygen atoms in total. The van der Waals surface area contributed by atoms with Gasteiger partial charge < -0.3 is 20.4 Å². The van der Waals surface area contributed by atoms with Crippen LogP contribution in [-0.4, -0.2) is 35.9 Å². The molecule has 0 saturated heterocycles. The Balaban J connectivity index is 1.43. The van der Waals surface area contributed by atoms with E-state index < -0.39 is 18.5 Å². The number of benzene rings is 2. The highest BCUT2D eigenvalue weighted by atomic mass is 16.5. The van der Waals surface area contributed by atoms with Crippen molar-refractivity contribution in [2.45, 2.75) is 27.2 Å². The Kier molecular flexibility index (Phi) is 6.51. The molecule has 1 aromatic heterocycles. The molecule has 3 N–H and O–H groups in total. The van der Waals surface area contributed by atoms with Crippen molar-refractivity contribution in [1.82, 2.24) is 10.3 Å². The number of nitrogens with one attached hydrogen (secondary N) is 3. The first-order valence-electron chi connectivity index (χ1n) is 9.68. The third-order valence-corrected chi connectivity index (χ3v) is 4.76. The van der Waals surface area contributed by atoms with Crippen molar-refractivity contribution in [2.75, 3.05) is 18.5 Å². The van der Waals surface area contributed by atoms with Crippen molar-refractivity contribution < 1.29 is 19.1 Å². The molecular weight excluding hydrogens is 382 g/mol. The van der Waals surface area contributed by atoms with Gasteiger partial charge in [-0.2, -0.15) is 0 Å². The summed E-state index contributed by atoms with van der Waals surface area (Å²) >= 11 is 0. The fraction of sp³-hybridized carbons (Fsp3) is 0.261. The molecular formula is C23H25N3O4. The summed E-state index contributed by atoms with van der Waals surface area (Å²) in [6.45, 7) is 5.19. The Morgan fingerprint density at radius 2 is 1.70 bits per heavy atom. The van der Waals surface area contributed by atoms with Crippen LogP contribution in [-0.2, 0) is 25.5 Å². The molecule has 0 radical (unpaired) electrons. The molecule has 0 bridgehead atoms. The van der Waals surface area contributed by atoms with Gasteiger partial charge in [-0.25, -0.2) is 0 Å². The van der Waals surface area contributed by atoms with Gasteiger partial charge in [0.15, 0.2) is 6.61 Å². The molecule has 3 aromatic rings. The number of fused-ring (bicyclic) bond motifs is 1. The van der Waals surface area contributed by atoms with Crippen molar-refractivity contribution in [3.8, 4) is 0 Å². The Labute approximate surface area is 174 Å². The third-order valence-electron chi connectivity index (χ3n) is 4.76. The summed E-state index contributed by atoms with van der Waals surface area (Å²) in [7, 11) is 0. The number of para-hydroxylation sites is 1. The quantitative estimate of drug-likeness (QED) is 0.524. The van der Waals surface area contributed by atoms with Gasteiger partial charge in [0.05, 0.1) is 13.0 Å². The Morgan fingerprint density at radius 1 is 1.00 bits per heavy atom. The van der Waals surface area contributed by atoms with Crippen LogP contribution < -0.4 is 10.6 Å². The number of hydrogen-bond donors (Lipinski definition) is 3. The second kappa shape index (κ2) is 9.26. The second-order valence-corrected chi connectivity index (χ2v) is 7.30. The Hall–Kier alpha value is -3.61.